The molecule has 0 aromatic heterocycles. The second kappa shape index (κ2) is 7.48. The van der Waals surface area contributed by atoms with Crippen LogP contribution in [0.2, 0.25) is 0 Å². The third-order valence-corrected chi connectivity index (χ3v) is 4.94. The summed E-state index contributed by atoms with van der Waals surface area (Å²) in [6.45, 7) is 2.16. The molecular weight excluding hydrogens is 314 g/mol. The standard InChI is InChI=1S/C17H21NO4S/c1-4-14-11-16(8-9-17(14)22-3)23(19,20)18-12-13-6-5-7-15(10-13)21-2/h5-11,18H,4,12H2,1-3H3. The molecule has 0 atom stereocenters. The van der Waals surface area contributed by atoms with E-state index in [1.54, 1.807) is 38.5 Å². The van der Waals surface area contributed by atoms with Crippen LogP contribution in [0.15, 0.2) is 47.4 Å². The number of rotatable bonds is 7. The van der Waals surface area contributed by atoms with Gasteiger partial charge in [0.15, 0.2) is 0 Å². The van der Waals surface area contributed by atoms with Gasteiger partial charge in [0.1, 0.15) is 11.5 Å². The Balaban J connectivity index is 2.18. The number of nitrogens with one attached hydrogen (secondary N) is 1. The molecule has 0 bridgehead atoms. The summed E-state index contributed by atoms with van der Waals surface area (Å²) in [5.41, 5.74) is 1.69. The zero-order valence-electron chi connectivity index (χ0n) is 13.5. The first-order chi connectivity index (χ1) is 11.0. The van der Waals surface area contributed by atoms with Crippen molar-refractivity contribution in [1.82, 2.24) is 4.72 Å². The maximum Gasteiger partial charge on any atom is 0.240 e. The molecule has 0 unspecified atom stereocenters. The van der Waals surface area contributed by atoms with Gasteiger partial charge in [-0.15, -0.1) is 0 Å². The number of methoxy groups -OCH3 is 2. The molecule has 0 spiro atoms. The molecule has 5 nitrogen and oxygen atoms in total. The lowest BCUT2D eigenvalue weighted by molar-refractivity contribution is 0.409. The van der Waals surface area contributed by atoms with Gasteiger partial charge in [0, 0.05) is 6.54 Å². The van der Waals surface area contributed by atoms with Crippen LogP contribution < -0.4 is 14.2 Å². The molecule has 0 amide bonds. The Morgan fingerprint density at radius 2 is 1.83 bits per heavy atom. The average molecular weight is 335 g/mol. The summed E-state index contributed by atoms with van der Waals surface area (Å²) in [6, 6.07) is 12.2. The molecule has 0 radical (unpaired) electrons. The van der Waals surface area contributed by atoms with E-state index in [0.29, 0.717) is 17.9 Å². The fourth-order valence-corrected chi connectivity index (χ4v) is 3.31. The highest BCUT2D eigenvalue weighted by Gasteiger charge is 2.16. The lowest BCUT2D eigenvalue weighted by Crippen LogP contribution is -2.23. The number of sulfonamides is 1. The maximum absolute atomic E-state index is 12.4. The second-order valence-corrected chi connectivity index (χ2v) is 6.77. The van der Waals surface area contributed by atoms with Crippen LogP contribution >= 0.6 is 0 Å². The summed E-state index contributed by atoms with van der Waals surface area (Å²) in [4.78, 5) is 0.234. The molecule has 23 heavy (non-hydrogen) atoms. The van der Waals surface area contributed by atoms with Crippen LogP contribution in [-0.4, -0.2) is 22.6 Å². The van der Waals surface area contributed by atoms with E-state index in [0.717, 1.165) is 11.1 Å². The van der Waals surface area contributed by atoms with E-state index < -0.39 is 10.0 Å². The zero-order chi connectivity index (χ0) is 16.9. The van der Waals surface area contributed by atoms with E-state index in [1.165, 1.54) is 0 Å². The number of benzene rings is 2. The predicted molar refractivity (Wildman–Crippen MR) is 89.4 cm³/mol. The Labute approximate surface area is 137 Å². The number of hydrogen-bond donors (Lipinski definition) is 1. The molecule has 6 heteroatoms. The maximum atomic E-state index is 12.4. The molecule has 0 aliphatic carbocycles. The van der Waals surface area contributed by atoms with Gasteiger partial charge in [0.2, 0.25) is 10.0 Å². The summed E-state index contributed by atoms with van der Waals surface area (Å²) < 4.78 is 37.9. The Morgan fingerprint density at radius 1 is 1.04 bits per heavy atom. The molecule has 1 N–H and O–H groups in total. The number of ether oxygens (including phenoxy) is 2. The smallest absolute Gasteiger partial charge is 0.240 e. The molecule has 124 valence electrons. The van der Waals surface area contributed by atoms with E-state index in [2.05, 4.69) is 4.72 Å². The van der Waals surface area contributed by atoms with Gasteiger partial charge in [-0.2, -0.15) is 0 Å². The highest BCUT2D eigenvalue weighted by molar-refractivity contribution is 7.89. The van der Waals surface area contributed by atoms with Gasteiger partial charge in [-0.05, 0) is 47.9 Å². The lowest BCUT2D eigenvalue weighted by Gasteiger charge is -2.11. The molecule has 2 aromatic carbocycles. The van der Waals surface area contributed by atoms with Crippen molar-refractivity contribution in [2.75, 3.05) is 14.2 Å². The fraction of sp³-hybridized carbons (Fsp3) is 0.294. The van der Waals surface area contributed by atoms with Gasteiger partial charge in [-0.25, -0.2) is 13.1 Å². The SMILES string of the molecule is CCc1cc(S(=O)(=O)NCc2cccc(OC)c2)ccc1OC. The van der Waals surface area contributed by atoms with Crippen molar-refractivity contribution in [1.29, 1.82) is 0 Å². The summed E-state index contributed by atoms with van der Waals surface area (Å²) in [7, 11) is -0.433. The van der Waals surface area contributed by atoms with Crippen LogP contribution in [0.5, 0.6) is 11.5 Å². The fourth-order valence-electron chi connectivity index (χ4n) is 2.24. The van der Waals surface area contributed by atoms with Crippen molar-refractivity contribution >= 4 is 10.0 Å². The van der Waals surface area contributed by atoms with E-state index >= 15 is 0 Å². The Bertz CT molecular complexity index is 772. The summed E-state index contributed by atoms with van der Waals surface area (Å²) >= 11 is 0. The van der Waals surface area contributed by atoms with Gasteiger partial charge < -0.3 is 9.47 Å². The monoisotopic (exact) mass is 335 g/mol. The Kier molecular flexibility index (Phi) is 5.63. The third-order valence-electron chi connectivity index (χ3n) is 3.54. The molecule has 0 aliphatic heterocycles. The van der Waals surface area contributed by atoms with Crippen LogP contribution in [0.4, 0.5) is 0 Å². The minimum atomic E-state index is -3.58. The zero-order valence-corrected chi connectivity index (χ0v) is 14.3. The average Bonchev–Trinajstić information content (AvgIpc) is 2.59. The van der Waals surface area contributed by atoms with Crippen LogP contribution in [0.25, 0.3) is 0 Å². The first-order valence-corrected chi connectivity index (χ1v) is 8.78. The molecular formula is C17H21NO4S. The van der Waals surface area contributed by atoms with Gasteiger partial charge in [0.05, 0.1) is 19.1 Å². The van der Waals surface area contributed by atoms with Crippen molar-refractivity contribution in [3.63, 3.8) is 0 Å². The van der Waals surface area contributed by atoms with E-state index in [4.69, 9.17) is 9.47 Å². The Hall–Kier alpha value is -2.05. The highest BCUT2D eigenvalue weighted by atomic mass is 32.2. The first-order valence-electron chi connectivity index (χ1n) is 7.29. The summed E-state index contributed by atoms with van der Waals surface area (Å²) in [5, 5.41) is 0. The molecule has 2 rings (SSSR count). The van der Waals surface area contributed by atoms with Crippen molar-refractivity contribution in [3.05, 3.63) is 53.6 Å². The number of hydrogen-bond acceptors (Lipinski definition) is 4. The first kappa shape index (κ1) is 17.3. The minimum Gasteiger partial charge on any atom is -0.497 e. The van der Waals surface area contributed by atoms with Crippen LogP contribution in [-0.2, 0) is 23.0 Å². The van der Waals surface area contributed by atoms with Crippen molar-refractivity contribution in [2.24, 2.45) is 0 Å². The molecule has 0 saturated carbocycles. The molecule has 0 heterocycles. The van der Waals surface area contributed by atoms with Crippen LogP contribution in [0, 0.1) is 0 Å². The summed E-state index contributed by atoms with van der Waals surface area (Å²) in [5.74, 6) is 1.39. The largest absolute Gasteiger partial charge is 0.497 e. The Morgan fingerprint density at radius 3 is 2.48 bits per heavy atom. The van der Waals surface area contributed by atoms with E-state index in [9.17, 15) is 8.42 Å². The summed E-state index contributed by atoms with van der Waals surface area (Å²) in [6.07, 6.45) is 0.697. The topological polar surface area (TPSA) is 64.6 Å². The van der Waals surface area contributed by atoms with Crippen molar-refractivity contribution in [2.45, 2.75) is 24.8 Å². The van der Waals surface area contributed by atoms with Gasteiger partial charge in [-0.3, -0.25) is 0 Å². The third kappa shape index (κ3) is 4.24. The van der Waals surface area contributed by atoms with Gasteiger partial charge >= 0.3 is 0 Å². The highest BCUT2D eigenvalue weighted by Crippen LogP contribution is 2.23. The van der Waals surface area contributed by atoms with Crippen LogP contribution in [0.1, 0.15) is 18.1 Å². The molecule has 2 aromatic rings. The van der Waals surface area contributed by atoms with Crippen molar-refractivity contribution < 1.29 is 17.9 Å². The lowest BCUT2D eigenvalue weighted by atomic mass is 10.1. The van der Waals surface area contributed by atoms with E-state index in [1.807, 2.05) is 25.1 Å². The number of aryl methyl sites for hydroxylation is 1. The molecule has 0 aliphatic rings. The molecule has 0 saturated heterocycles. The van der Waals surface area contributed by atoms with Gasteiger partial charge in [0.25, 0.3) is 0 Å². The van der Waals surface area contributed by atoms with Gasteiger partial charge in [-0.1, -0.05) is 19.1 Å². The predicted octanol–water partition coefficient (Wildman–Crippen LogP) is 2.74. The second-order valence-electron chi connectivity index (χ2n) is 5.00. The van der Waals surface area contributed by atoms with Crippen molar-refractivity contribution in [3.8, 4) is 11.5 Å². The normalized spacial score (nSPS) is 11.3. The van der Waals surface area contributed by atoms with Crippen LogP contribution in [0.3, 0.4) is 0 Å². The quantitative estimate of drug-likeness (QED) is 0.845. The van der Waals surface area contributed by atoms with E-state index in [-0.39, 0.29) is 11.4 Å². The molecule has 0 fully saturated rings. The minimum absolute atomic E-state index is 0.201.